The van der Waals surface area contributed by atoms with Crippen molar-refractivity contribution in [1.82, 2.24) is 19.9 Å². The summed E-state index contributed by atoms with van der Waals surface area (Å²) in [6.45, 7) is 6.74. The molecule has 1 unspecified atom stereocenters. The Morgan fingerprint density at radius 1 is 1.05 bits per heavy atom. The molecular formula is C28H36N4O4S. The molecule has 3 aromatic rings. The SMILES string of the molecule is Cc1ccc(S(=O)(=O)N2CCC(C(=O)NC(C(=O)NCCc3c[nH]c4ccccc34)C(C)C)CC2)cc1. The number of piperidine rings is 1. The number of amides is 2. The molecule has 37 heavy (non-hydrogen) atoms. The number of fused-ring (bicyclic) bond motifs is 1. The molecule has 2 amide bonds. The number of rotatable bonds is 9. The average molecular weight is 525 g/mol. The Morgan fingerprint density at radius 2 is 1.73 bits per heavy atom. The van der Waals surface area contributed by atoms with E-state index in [0.717, 1.165) is 22.0 Å². The molecule has 1 aliphatic rings. The molecule has 0 bridgehead atoms. The summed E-state index contributed by atoms with van der Waals surface area (Å²) in [5.74, 6) is -0.816. The zero-order valence-electron chi connectivity index (χ0n) is 21.7. The molecule has 1 atom stereocenters. The number of hydrogen-bond acceptors (Lipinski definition) is 4. The minimum Gasteiger partial charge on any atom is -0.361 e. The van der Waals surface area contributed by atoms with Crippen LogP contribution in [0.5, 0.6) is 0 Å². The largest absolute Gasteiger partial charge is 0.361 e. The number of nitrogens with zero attached hydrogens (tertiary/aromatic N) is 1. The Balaban J connectivity index is 1.29. The summed E-state index contributed by atoms with van der Waals surface area (Å²) in [4.78, 5) is 29.5. The number of H-pyrrole nitrogens is 1. The van der Waals surface area contributed by atoms with Crippen LogP contribution in [0.4, 0.5) is 0 Å². The van der Waals surface area contributed by atoms with E-state index in [0.29, 0.717) is 25.8 Å². The van der Waals surface area contributed by atoms with Gasteiger partial charge in [-0.1, -0.05) is 49.7 Å². The van der Waals surface area contributed by atoms with Gasteiger partial charge in [-0.3, -0.25) is 9.59 Å². The van der Waals surface area contributed by atoms with E-state index in [1.807, 2.05) is 45.2 Å². The third-order valence-electron chi connectivity index (χ3n) is 7.10. The van der Waals surface area contributed by atoms with Crippen molar-refractivity contribution in [2.24, 2.45) is 11.8 Å². The van der Waals surface area contributed by atoms with E-state index in [2.05, 4.69) is 21.7 Å². The molecule has 1 fully saturated rings. The number of aromatic amines is 1. The maximum Gasteiger partial charge on any atom is 0.243 e. The highest BCUT2D eigenvalue weighted by Crippen LogP contribution is 2.24. The van der Waals surface area contributed by atoms with E-state index >= 15 is 0 Å². The molecular weight excluding hydrogens is 488 g/mol. The number of carbonyl (C=O) groups excluding carboxylic acids is 2. The maximum atomic E-state index is 13.0. The number of carbonyl (C=O) groups is 2. The molecule has 1 saturated heterocycles. The summed E-state index contributed by atoms with van der Waals surface area (Å²) < 4.78 is 27.4. The lowest BCUT2D eigenvalue weighted by Crippen LogP contribution is -2.52. The van der Waals surface area contributed by atoms with Gasteiger partial charge in [0.05, 0.1) is 4.90 Å². The van der Waals surface area contributed by atoms with Gasteiger partial charge in [0.15, 0.2) is 0 Å². The third-order valence-corrected chi connectivity index (χ3v) is 9.01. The highest BCUT2D eigenvalue weighted by molar-refractivity contribution is 7.89. The number of sulfonamides is 1. The number of hydrogen-bond donors (Lipinski definition) is 3. The molecule has 0 aliphatic carbocycles. The van der Waals surface area contributed by atoms with Gasteiger partial charge < -0.3 is 15.6 Å². The molecule has 4 rings (SSSR count). The lowest BCUT2D eigenvalue weighted by Gasteiger charge is -2.32. The molecule has 0 saturated carbocycles. The van der Waals surface area contributed by atoms with Crippen LogP contribution in [0.2, 0.25) is 0 Å². The lowest BCUT2D eigenvalue weighted by molar-refractivity contribution is -0.132. The zero-order valence-corrected chi connectivity index (χ0v) is 22.5. The molecule has 2 aromatic carbocycles. The van der Waals surface area contributed by atoms with Crippen LogP contribution >= 0.6 is 0 Å². The first kappa shape index (κ1) is 26.9. The Kier molecular flexibility index (Phi) is 8.34. The highest BCUT2D eigenvalue weighted by atomic mass is 32.2. The van der Waals surface area contributed by atoms with Gasteiger partial charge in [-0.25, -0.2) is 8.42 Å². The van der Waals surface area contributed by atoms with E-state index < -0.39 is 16.1 Å². The van der Waals surface area contributed by atoms with E-state index in [9.17, 15) is 18.0 Å². The van der Waals surface area contributed by atoms with Gasteiger partial charge >= 0.3 is 0 Å². The molecule has 9 heteroatoms. The summed E-state index contributed by atoms with van der Waals surface area (Å²) >= 11 is 0. The molecule has 2 heterocycles. The van der Waals surface area contributed by atoms with Crippen molar-refractivity contribution in [3.63, 3.8) is 0 Å². The molecule has 3 N–H and O–H groups in total. The molecule has 0 spiro atoms. The van der Waals surface area contributed by atoms with Gasteiger partial charge in [-0.05, 0) is 55.9 Å². The fraction of sp³-hybridized carbons (Fsp3) is 0.429. The van der Waals surface area contributed by atoms with E-state index in [1.165, 1.54) is 4.31 Å². The van der Waals surface area contributed by atoms with Crippen LogP contribution in [-0.2, 0) is 26.0 Å². The monoisotopic (exact) mass is 524 g/mol. The highest BCUT2D eigenvalue weighted by Gasteiger charge is 2.34. The maximum absolute atomic E-state index is 13.0. The third kappa shape index (κ3) is 6.22. The van der Waals surface area contributed by atoms with Crippen LogP contribution in [0.15, 0.2) is 59.6 Å². The van der Waals surface area contributed by atoms with Gasteiger partial charge in [0, 0.05) is 42.7 Å². The molecule has 1 aromatic heterocycles. The van der Waals surface area contributed by atoms with Crippen LogP contribution in [0, 0.1) is 18.8 Å². The zero-order chi connectivity index (χ0) is 26.6. The predicted molar refractivity (Wildman–Crippen MR) is 144 cm³/mol. The van der Waals surface area contributed by atoms with E-state index in [4.69, 9.17) is 0 Å². The number of nitrogens with one attached hydrogen (secondary N) is 3. The van der Waals surface area contributed by atoms with Crippen LogP contribution in [0.3, 0.4) is 0 Å². The topological polar surface area (TPSA) is 111 Å². The van der Waals surface area contributed by atoms with Gasteiger partial charge in [-0.15, -0.1) is 0 Å². The smallest absolute Gasteiger partial charge is 0.243 e. The van der Waals surface area contributed by atoms with Crippen molar-refractivity contribution in [3.8, 4) is 0 Å². The molecule has 198 valence electrons. The number of benzene rings is 2. The molecule has 1 aliphatic heterocycles. The van der Waals surface area contributed by atoms with Crippen molar-refractivity contribution in [1.29, 1.82) is 0 Å². The summed E-state index contributed by atoms with van der Waals surface area (Å²) in [6, 6.07) is 14.2. The van der Waals surface area contributed by atoms with Crippen LogP contribution in [-0.4, -0.2) is 55.2 Å². The first-order valence-corrected chi connectivity index (χ1v) is 14.3. The fourth-order valence-electron chi connectivity index (χ4n) is 4.79. The summed E-state index contributed by atoms with van der Waals surface area (Å²) in [6.07, 6.45) is 3.49. The van der Waals surface area contributed by atoms with Crippen LogP contribution in [0.1, 0.15) is 37.8 Å². The van der Waals surface area contributed by atoms with Crippen molar-refractivity contribution < 1.29 is 18.0 Å². The summed E-state index contributed by atoms with van der Waals surface area (Å²) in [5, 5.41) is 7.03. The number of aromatic nitrogens is 1. The Morgan fingerprint density at radius 3 is 2.41 bits per heavy atom. The van der Waals surface area contributed by atoms with Crippen molar-refractivity contribution in [3.05, 3.63) is 65.9 Å². The van der Waals surface area contributed by atoms with Gasteiger partial charge in [0.25, 0.3) is 0 Å². The van der Waals surface area contributed by atoms with Crippen molar-refractivity contribution >= 4 is 32.7 Å². The Labute approximate surface area is 218 Å². The Hall–Kier alpha value is -3.17. The fourth-order valence-corrected chi connectivity index (χ4v) is 6.26. The standard InChI is InChI=1S/C28H36N4O4S/c1-19(2)26(28(34)29-15-12-22-18-30-25-7-5-4-6-24(22)25)31-27(33)21-13-16-32(17-14-21)37(35,36)23-10-8-20(3)9-11-23/h4-11,18-19,21,26,30H,12-17H2,1-3H3,(H,29,34)(H,31,33). The van der Waals surface area contributed by atoms with Crippen molar-refractivity contribution in [2.75, 3.05) is 19.6 Å². The first-order chi connectivity index (χ1) is 17.7. The second kappa shape index (κ2) is 11.5. The van der Waals surface area contributed by atoms with Gasteiger partial charge in [0.2, 0.25) is 21.8 Å². The second-order valence-electron chi connectivity index (χ2n) is 10.1. The quantitative estimate of drug-likeness (QED) is 0.398. The van der Waals surface area contributed by atoms with Gasteiger partial charge in [0.1, 0.15) is 6.04 Å². The minimum atomic E-state index is -3.59. The van der Waals surface area contributed by atoms with Gasteiger partial charge in [-0.2, -0.15) is 4.31 Å². The summed E-state index contributed by atoms with van der Waals surface area (Å²) in [7, 11) is -3.59. The minimum absolute atomic E-state index is 0.0842. The van der Waals surface area contributed by atoms with E-state index in [-0.39, 0.29) is 41.6 Å². The van der Waals surface area contributed by atoms with Crippen LogP contribution < -0.4 is 10.6 Å². The normalized spacial score (nSPS) is 16.1. The number of aryl methyl sites for hydroxylation is 1. The average Bonchev–Trinajstić information content (AvgIpc) is 3.30. The predicted octanol–water partition coefficient (Wildman–Crippen LogP) is 3.38. The first-order valence-electron chi connectivity index (χ1n) is 12.9. The Bertz CT molecular complexity index is 1340. The number of para-hydroxylation sites is 1. The van der Waals surface area contributed by atoms with Crippen LogP contribution in [0.25, 0.3) is 10.9 Å². The second-order valence-corrected chi connectivity index (χ2v) is 12.1. The molecule has 8 nitrogen and oxygen atoms in total. The lowest BCUT2D eigenvalue weighted by atomic mass is 9.95. The van der Waals surface area contributed by atoms with E-state index in [1.54, 1.807) is 24.3 Å². The summed E-state index contributed by atoms with van der Waals surface area (Å²) in [5.41, 5.74) is 3.19. The van der Waals surface area contributed by atoms with Crippen molar-refractivity contribution in [2.45, 2.75) is 51.0 Å². The molecule has 0 radical (unpaired) electrons.